The Kier molecular flexibility index (Phi) is 5.04. The zero-order valence-electron chi connectivity index (χ0n) is 21.9. The molecule has 8 rings (SSSR count). The Bertz CT molecular complexity index is 1830. The second kappa shape index (κ2) is 8.69. The summed E-state index contributed by atoms with van der Waals surface area (Å²) in [6, 6.07) is 23.9. The molecule has 4 aliphatic rings. The first-order valence-corrected chi connectivity index (χ1v) is 13.4. The lowest BCUT2D eigenvalue weighted by Gasteiger charge is -2.38. The fourth-order valence-corrected chi connectivity index (χ4v) is 6.76. The maximum absolute atomic E-state index is 14.2. The molecule has 2 amide bonds. The van der Waals surface area contributed by atoms with Gasteiger partial charge in [0.05, 0.1) is 30.6 Å². The molecule has 0 aromatic heterocycles. The molecule has 4 aromatic rings. The molecule has 1 fully saturated rings. The third kappa shape index (κ3) is 3.37. The number of carbonyl (C=O) groups is 3. The number of fused-ring (bicyclic) bond motifs is 8. The molecule has 0 saturated carbocycles. The van der Waals surface area contributed by atoms with E-state index in [9.17, 15) is 14.4 Å². The van der Waals surface area contributed by atoms with Crippen LogP contribution in [-0.4, -0.2) is 31.7 Å². The van der Waals surface area contributed by atoms with E-state index < -0.39 is 35.5 Å². The minimum atomic E-state index is -0.945. The van der Waals surface area contributed by atoms with Crippen molar-refractivity contribution in [2.75, 3.05) is 18.8 Å². The van der Waals surface area contributed by atoms with Gasteiger partial charge in [-0.2, -0.15) is 0 Å². The molecule has 0 radical (unpaired) electrons. The van der Waals surface area contributed by atoms with Gasteiger partial charge in [-0.05, 0) is 64.4 Å². The number of nitrogens with zero attached hydrogens (tertiary/aromatic N) is 1. The van der Waals surface area contributed by atoms with Crippen molar-refractivity contribution in [1.29, 1.82) is 0 Å². The van der Waals surface area contributed by atoms with Gasteiger partial charge in [-0.1, -0.05) is 42.5 Å². The Hall–Kier alpha value is -5.11. The van der Waals surface area contributed by atoms with Crippen molar-refractivity contribution in [3.8, 4) is 23.0 Å². The number of rotatable bonds is 3. The normalized spacial score (nSPS) is 24.0. The van der Waals surface area contributed by atoms with Crippen LogP contribution >= 0.6 is 0 Å². The number of anilines is 1. The van der Waals surface area contributed by atoms with Crippen LogP contribution in [0.4, 0.5) is 5.69 Å². The van der Waals surface area contributed by atoms with E-state index in [1.54, 1.807) is 37.4 Å². The van der Waals surface area contributed by atoms with Gasteiger partial charge in [0, 0.05) is 11.5 Å². The lowest BCUT2D eigenvalue weighted by molar-refractivity contribution is -0.142. The monoisotopic (exact) mass is 545 g/mol. The molecule has 0 spiro atoms. The highest BCUT2D eigenvalue weighted by atomic mass is 16.7. The number of amides is 2. The molecule has 3 aliphatic heterocycles. The molecule has 1 aliphatic carbocycles. The van der Waals surface area contributed by atoms with Gasteiger partial charge in [0.1, 0.15) is 11.5 Å². The Morgan fingerprint density at radius 1 is 0.805 bits per heavy atom. The number of imide groups is 1. The number of hydrogen-bond donors (Lipinski definition) is 0. The van der Waals surface area contributed by atoms with E-state index in [1.807, 2.05) is 54.6 Å². The molecule has 4 aromatic carbocycles. The number of benzene rings is 4. The van der Waals surface area contributed by atoms with Crippen LogP contribution in [0.15, 0.2) is 84.9 Å². The van der Waals surface area contributed by atoms with Crippen LogP contribution in [0.25, 0.3) is 16.3 Å². The lowest BCUT2D eigenvalue weighted by Crippen LogP contribution is -2.42. The van der Waals surface area contributed by atoms with E-state index >= 15 is 0 Å². The summed E-state index contributed by atoms with van der Waals surface area (Å²) in [6.45, 7) is 0.118. The van der Waals surface area contributed by atoms with Crippen molar-refractivity contribution >= 4 is 39.8 Å². The lowest BCUT2D eigenvalue weighted by atomic mass is 9.64. The van der Waals surface area contributed by atoms with Crippen LogP contribution in [-0.2, 0) is 14.4 Å². The Morgan fingerprint density at radius 3 is 2.39 bits per heavy atom. The Morgan fingerprint density at radius 2 is 1.56 bits per heavy atom. The zero-order valence-corrected chi connectivity index (χ0v) is 21.9. The van der Waals surface area contributed by atoms with Crippen LogP contribution in [0.2, 0.25) is 0 Å². The summed E-state index contributed by atoms with van der Waals surface area (Å²) in [5.74, 6) is -2.25. The summed E-state index contributed by atoms with van der Waals surface area (Å²) in [7, 11) is 1.55. The van der Waals surface area contributed by atoms with E-state index in [1.165, 1.54) is 4.90 Å². The Balaban J connectivity index is 1.34. The van der Waals surface area contributed by atoms with Crippen LogP contribution in [0.3, 0.4) is 0 Å². The summed E-state index contributed by atoms with van der Waals surface area (Å²) in [6.07, 6.45) is 1.98. The van der Waals surface area contributed by atoms with Crippen molar-refractivity contribution in [3.05, 3.63) is 96.1 Å². The first-order valence-electron chi connectivity index (χ1n) is 13.4. The molecule has 0 N–H and O–H groups in total. The van der Waals surface area contributed by atoms with Gasteiger partial charge in [-0.15, -0.1) is 0 Å². The molecular formula is C33H23NO7. The minimum absolute atomic E-state index is 0.118. The second-order valence-electron chi connectivity index (χ2n) is 10.6. The summed E-state index contributed by atoms with van der Waals surface area (Å²) in [5.41, 5.74) is 2.71. The third-order valence-electron chi connectivity index (χ3n) is 8.59. The average Bonchev–Trinajstić information content (AvgIpc) is 3.58. The number of hydrogen-bond acceptors (Lipinski definition) is 7. The van der Waals surface area contributed by atoms with Gasteiger partial charge in [-0.25, -0.2) is 4.90 Å². The van der Waals surface area contributed by atoms with Crippen molar-refractivity contribution in [2.45, 2.75) is 5.92 Å². The molecule has 4 atom stereocenters. The summed E-state index contributed by atoms with van der Waals surface area (Å²) in [4.78, 5) is 43.3. The molecule has 202 valence electrons. The fourth-order valence-electron chi connectivity index (χ4n) is 6.76. The van der Waals surface area contributed by atoms with Gasteiger partial charge in [-0.3, -0.25) is 14.4 Å². The molecular weight excluding hydrogens is 522 g/mol. The van der Waals surface area contributed by atoms with Gasteiger partial charge >= 0.3 is 5.97 Å². The van der Waals surface area contributed by atoms with E-state index in [0.717, 1.165) is 21.9 Å². The SMILES string of the molecule is COc1ccc(N2C(=O)[C@@H]3[C@@H]4C(=O)Oc5ccc6ccccc6c5C4=C[C@H](c4ccc5c(c4)OCO5)[C@H]3C2=O)cc1. The van der Waals surface area contributed by atoms with E-state index in [2.05, 4.69) is 0 Å². The summed E-state index contributed by atoms with van der Waals surface area (Å²) >= 11 is 0. The average molecular weight is 546 g/mol. The van der Waals surface area contributed by atoms with Gasteiger partial charge in [0.15, 0.2) is 11.5 Å². The first kappa shape index (κ1) is 23.7. The maximum atomic E-state index is 14.2. The number of allylic oxidation sites excluding steroid dienone is 1. The topological polar surface area (TPSA) is 91.4 Å². The highest BCUT2D eigenvalue weighted by molar-refractivity contribution is 6.25. The Labute approximate surface area is 234 Å². The minimum Gasteiger partial charge on any atom is -0.497 e. The molecule has 1 saturated heterocycles. The summed E-state index contributed by atoms with van der Waals surface area (Å²) < 4.78 is 22.3. The molecule has 41 heavy (non-hydrogen) atoms. The van der Waals surface area contributed by atoms with Crippen molar-refractivity contribution in [3.63, 3.8) is 0 Å². The number of ether oxygens (including phenoxy) is 4. The fraction of sp³-hybridized carbons (Fsp3) is 0.182. The van der Waals surface area contributed by atoms with Gasteiger partial charge < -0.3 is 18.9 Å². The second-order valence-corrected chi connectivity index (χ2v) is 10.6. The molecule has 8 heteroatoms. The van der Waals surface area contributed by atoms with Crippen LogP contribution in [0, 0.1) is 17.8 Å². The highest BCUT2D eigenvalue weighted by Gasteiger charge is 2.60. The van der Waals surface area contributed by atoms with Crippen molar-refractivity contribution < 1.29 is 33.3 Å². The molecule has 3 heterocycles. The largest absolute Gasteiger partial charge is 0.497 e. The quantitative estimate of drug-likeness (QED) is 0.201. The molecule has 8 nitrogen and oxygen atoms in total. The van der Waals surface area contributed by atoms with Crippen LogP contribution in [0.5, 0.6) is 23.0 Å². The first-order chi connectivity index (χ1) is 20.0. The van der Waals surface area contributed by atoms with E-state index in [4.69, 9.17) is 18.9 Å². The number of esters is 1. The van der Waals surface area contributed by atoms with Crippen LogP contribution in [0.1, 0.15) is 17.0 Å². The smallest absolute Gasteiger partial charge is 0.319 e. The summed E-state index contributed by atoms with van der Waals surface area (Å²) in [5, 5.41) is 1.90. The predicted octanol–water partition coefficient (Wildman–Crippen LogP) is 5.10. The predicted molar refractivity (Wildman–Crippen MR) is 149 cm³/mol. The molecule has 0 unspecified atom stereocenters. The molecule has 0 bridgehead atoms. The number of methoxy groups -OCH3 is 1. The van der Waals surface area contributed by atoms with E-state index in [0.29, 0.717) is 34.3 Å². The number of carbonyl (C=O) groups excluding carboxylic acids is 3. The zero-order chi connectivity index (χ0) is 27.8. The van der Waals surface area contributed by atoms with Gasteiger partial charge in [0.25, 0.3) is 0 Å². The standard InChI is InChI=1S/C33H23NO7/c1-38-20-10-8-19(9-11-20)34-31(35)28-22(18-7-12-24-26(14-18)40-16-39-24)15-23-27-21-5-3-2-4-17(21)6-13-25(27)41-33(37)29(23)30(28)32(34)36/h2-15,22,28-30H,16H2,1H3/t22-,28-,29-,30+/m1/s1. The third-order valence-corrected chi connectivity index (χ3v) is 8.59. The van der Waals surface area contributed by atoms with Crippen molar-refractivity contribution in [1.82, 2.24) is 0 Å². The highest BCUT2D eigenvalue weighted by Crippen LogP contribution is 2.56. The van der Waals surface area contributed by atoms with Crippen molar-refractivity contribution in [2.24, 2.45) is 17.8 Å². The maximum Gasteiger partial charge on any atom is 0.319 e. The van der Waals surface area contributed by atoms with E-state index in [-0.39, 0.29) is 12.7 Å². The van der Waals surface area contributed by atoms with Gasteiger partial charge in [0.2, 0.25) is 18.6 Å². The van der Waals surface area contributed by atoms with Crippen LogP contribution < -0.4 is 23.8 Å².